The third kappa shape index (κ3) is 6.09. The van der Waals surface area contributed by atoms with Crippen LogP contribution in [-0.2, 0) is 4.74 Å². The molecule has 0 radical (unpaired) electrons. The number of benzene rings is 1. The number of aliphatic hydroxyl groups excluding tert-OH is 1. The Kier molecular flexibility index (Phi) is 6.11. The van der Waals surface area contributed by atoms with E-state index < -0.39 is 12.1 Å². The number of halogens is 2. The lowest BCUT2D eigenvalue weighted by Crippen LogP contribution is -2.37. The van der Waals surface area contributed by atoms with E-state index in [1.165, 1.54) is 12.8 Å². The van der Waals surface area contributed by atoms with Crippen LogP contribution in [0.3, 0.4) is 0 Å². The summed E-state index contributed by atoms with van der Waals surface area (Å²) in [6, 6.07) is 4.34. The Morgan fingerprint density at radius 2 is 2.19 bits per heavy atom. The van der Waals surface area contributed by atoms with Crippen molar-refractivity contribution in [1.29, 1.82) is 0 Å². The van der Waals surface area contributed by atoms with E-state index in [0.717, 1.165) is 0 Å². The van der Waals surface area contributed by atoms with Gasteiger partial charge in [-0.25, -0.2) is 4.79 Å². The monoisotopic (exact) mass is 332 g/mol. The van der Waals surface area contributed by atoms with E-state index in [9.17, 15) is 9.90 Å². The molecule has 7 heteroatoms. The molecular weight excluding hydrogens is 315 g/mol. The topological polar surface area (TPSA) is 70.6 Å². The molecule has 2 rings (SSSR count). The van der Waals surface area contributed by atoms with Gasteiger partial charge in [0, 0.05) is 18.2 Å². The number of anilines is 1. The Labute approximate surface area is 133 Å². The first-order chi connectivity index (χ1) is 10.0. The predicted molar refractivity (Wildman–Crippen MR) is 83.0 cm³/mol. The molecule has 0 aliphatic heterocycles. The fourth-order valence-corrected chi connectivity index (χ4v) is 2.14. The van der Waals surface area contributed by atoms with Crippen molar-refractivity contribution in [3.05, 3.63) is 28.2 Å². The summed E-state index contributed by atoms with van der Waals surface area (Å²) in [5.74, 6) is 0.653. The summed E-state index contributed by atoms with van der Waals surface area (Å²) in [6.07, 6.45) is 1.69. The first-order valence-corrected chi connectivity index (χ1v) is 7.56. The van der Waals surface area contributed by atoms with E-state index in [0.29, 0.717) is 28.3 Å². The maximum Gasteiger partial charge on any atom is 0.319 e. The highest BCUT2D eigenvalue weighted by atomic mass is 35.5. The lowest BCUT2D eigenvalue weighted by Gasteiger charge is -2.13. The first kappa shape index (κ1) is 16.4. The van der Waals surface area contributed by atoms with Gasteiger partial charge >= 0.3 is 6.03 Å². The van der Waals surface area contributed by atoms with Gasteiger partial charge in [0.05, 0.1) is 23.4 Å². The lowest BCUT2D eigenvalue weighted by molar-refractivity contribution is 0.0339. The molecular formula is C14H18Cl2N2O3. The van der Waals surface area contributed by atoms with Gasteiger partial charge in [0.2, 0.25) is 0 Å². The van der Waals surface area contributed by atoms with Gasteiger partial charge in [-0.1, -0.05) is 23.2 Å². The Morgan fingerprint density at radius 1 is 1.43 bits per heavy atom. The van der Waals surface area contributed by atoms with Gasteiger partial charge in [0.1, 0.15) is 0 Å². The zero-order chi connectivity index (χ0) is 15.2. The smallest absolute Gasteiger partial charge is 0.319 e. The van der Waals surface area contributed by atoms with E-state index in [4.69, 9.17) is 27.9 Å². The Balaban J connectivity index is 1.66. The van der Waals surface area contributed by atoms with Crippen molar-refractivity contribution in [2.45, 2.75) is 18.9 Å². The summed E-state index contributed by atoms with van der Waals surface area (Å²) < 4.78 is 5.34. The van der Waals surface area contributed by atoms with Crippen LogP contribution >= 0.6 is 23.2 Å². The van der Waals surface area contributed by atoms with Gasteiger partial charge in [-0.05, 0) is 37.0 Å². The van der Waals surface area contributed by atoms with E-state index in [2.05, 4.69) is 10.6 Å². The molecule has 0 aromatic heterocycles. The highest BCUT2D eigenvalue weighted by Crippen LogP contribution is 2.28. The van der Waals surface area contributed by atoms with Crippen LogP contribution in [0.1, 0.15) is 12.8 Å². The maximum atomic E-state index is 11.7. The largest absolute Gasteiger partial charge is 0.389 e. The summed E-state index contributed by atoms with van der Waals surface area (Å²) in [7, 11) is 0. The molecule has 1 aliphatic carbocycles. The Morgan fingerprint density at radius 3 is 2.86 bits per heavy atom. The number of rotatable bonds is 7. The van der Waals surface area contributed by atoms with Crippen LogP contribution in [0, 0.1) is 5.92 Å². The van der Waals surface area contributed by atoms with Crippen LogP contribution in [0.25, 0.3) is 0 Å². The fraction of sp³-hybridized carbons (Fsp3) is 0.500. The van der Waals surface area contributed by atoms with Crippen LogP contribution in [0.5, 0.6) is 0 Å². The minimum atomic E-state index is -0.727. The van der Waals surface area contributed by atoms with Crippen LogP contribution in [-0.4, -0.2) is 37.0 Å². The molecule has 0 heterocycles. The molecule has 1 fully saturated rings. The van der Waals surface area contributed by atoms with Crippen molar-refractivity contribution in [1.82, 2.24) is 5.32 Å². The minimum Gasteiger partial charge on any atom is -0.389 e. The molecule has 1 aromatic carbocycles. The van der Waals surface area contributed by atoms with Crippen molar-refractivity contribution in [2.24, 2.45) is 5.92 Å². The standard InChI is InChI=1S/C14H18Cl2N2O3/c15-10-3-4-13(12(16)5-10)18-14(20)17-6-11(19)8-21-7-9-1-2-9/h3-5,9,11,19H,1-2,6-8H2,(H2,17,18,20). The predicted octanol–water partition coefficient (Wildman–Crippen LogP) is 2.90. The van der Waals surface area contributed by atoms with Crippen molar-refractivity contribution < 1.29 is 14.6 Å². The van der Waals surface area contributed by atoms with E-state index >= 15 is 0 Å². The average molecular weight is 333 g/mol. The van der Waals surface area contributed by atoms with Gasteiger partial charge < -0.3 is 20.5 Å². The Bertz CT molecular complexity index is 495. The first-order valence-electron chi connectivity index (χ1n) is 6.80. The summed E-state index contributed by atoms with van der Waals surface area (Å²) in [4.78, 5) is 11.7. The average Bonchev–Trinajstić information content (AvgIpc) is 3.24. The molecule has 1 saturated carbocycles. The number of nitrogens with one attached hydrogen (secondary N) is 2. The number of hydrogen-bond donors (Lipinski definition) is 3. The molecule has 1 aromatic rings. The normalized spacial score (nSPS) is 15.6. The van der Waals surface area contributed by atoms with Crippen LogP contribution < -0.4 is 10.6 Å². The van der Waals surface area contributed by atoms with Crippen LogP contribution in [0.2, 0.25) is 10.0 Å². The molecule has 1 unspecified atom stereocenters. The quantitative estimate of drug-likeness (QED) is 0.719. The second-order valence-corrected chi connectivity index (χ2v) is 5.94. The van der Waals surface area contributed by atoms with Crippen LogP contribution in [0.4, 0.5) is 10.5 Å². The molecule has 0 bridgehead atoms. The third-order valence-electron chi connectivity index (χ3n) is 3.04. The fourth-order valence-electron chi connectivity index (χ4n) is 1.68. The highest BCUT2D eigenvalue weighted by Gasteiger charge is 2.21. The van der Waals surface area contributed by atoms with Gasteiger partial charge in [-0.3, -0.25) is 0 Å². The molecule has 5 nitrogen and oxygen atoms in total. The minimum absolute atomic E-state index is 0.113. The number of urea groups is 1. The van der Waals surface area contributed by atoms with Crippen molar-refractivity contribution in [3.63, 3.8) is 0 Å². The van der Waals surface area contributed by atoms with Crippen molar-refractivity contribution >= 4 is 34.9 Å². The molecule has 1 aliphatic rings. The maximum absolute atomic E-state index is 11.7. The summed E-state index contributed by atoms with van der Waals surface area (Å²) in [6.45, 7) is 1.02. The molecule has 3 N–H and O–H groups in total. The SMILES string of the molecule is O=C(NCC(O)COCC1CC1)Nc1ccc(Cl)cc1Cl. The zero-order valence-corrected chi connectivity index (χ0v) is 13.0. The number of ether oxygens (including phenoxy) is 1. The van der Waals surface area contributed by atoms with E-state index in [1.807, 2.05) is 0 Å². The zero-order valence-electron chi connectivity index (χ0n) is 11.4. The summed E-state index contributed by atoms with van der Waals surface area (Å²) >= 11 is 11.7. The third-order valence-corrected chi connectivity index (χ3v) is 3.59. The number of carbonyl (C=O) groups is 1. The van der Waals surface area contributed by atoms with Crippen molar-refractivity contribution in [2.75, 3.05) is 25.1 Å². The lowest BCUT2D eigenvalue weighted by atomic mass is 10.3. The molecule has 1 atom stereocenters. The van der Waals surface area contributed by atoms with Gasteiger partial charge in [-0.15, -0.1) is 0 Å². The summed E-state index contributed by atoms with van der Waals surface area (Å²) in [5.41, 5.74) is 0.457. The van der Waals surface area contributed by atoms with Crippen LogP contribution in [0.15, 0.2) is 18.2 Å². The number of carbonyl (C=O) groups excluding carboxylic acids is 1. The van der Waals surface area contributed by atoms with E-state index in [1.54, 1.807) is 18.2 Å². The van der Waals surface area contributed by atoms with E-state index in [-0.39, 0.29) is 13.2 Å². The molecule has 0 spiro atoms. The molecule has 116 valence electrons. The molecule has 0 saturated heterocycles. The molecule has 21 heavy (non-hydrogen) atoms. The Hall–Kier alpha value is -1.01. The molecule has 2 amide bonds. The number of hydrogen-bond acceptors (Lipinski definition) is 3. The summed E-state index contributed by atoms with van der Waals surface area (Å²) in [5, 5.41) is 15.7. The number of amides is 2. The van der Waals surface area contributed by atoms with Gasteiger partial charge in [0.25, 0.3) is 0 Å². The van der Waals surface area contributed by atoms with Crippen molar-refractivity contribution in [3.8, 4) is 0 Å². The highest BCUT2D eigenvalue weighted by molar-refractivity contribution is 6.36. The number of aliphatic hydroxyl groups is 1. The second kappa shape index (κ2) is 7.84. The van der Waals surface area contributed by atoms with Gasteiger partial charge in [-0.2, -0.15) is 0 Å². The van der Waals surface area contributed by atoms with Gasteiger partial charge in [0.15, 0.2) is 0 Å². The second-order valence-electron chi connectivity index (χ2n) is 5.09.